The number of carbonyl (C=O) groups excluding carboxylic acids is 2. The molecule has 2 N–H and O–H groups in total. The number of hydrazine groups is 1. The summed E-state index contributed by atoms with van der Waals surface area (Å²) in [4.78, 5) is 25.5. The number of nitrogens with one attached hydrogen (secondary N) is 2. The average molecular weight is 326 g/mol. The van der Waals surface area contributed by atoms with Crippen molar-refractivity contribution in [1.29, 1.82) is 0 Å². The van der Waals surface area contributed by atoms with E-state index in [-0.39, 0.29) is 17.9 Å². The largest absolute Gasteiger partial charge is 0.450 e. The Morgan fingerprint density at radius 1 is 1.45 bits per heavy atom. The van der Waals surface area contributed by atoms with E-state index in [1.807, 2.05) is 0 Å². The Bertz CT molecular complexity index is 539. The predicted octanol–water partition coefficient (Wildman–Crippen LogP) is 2.65. The zero-order valence-corrected chi connectivity index (χ0v) is 13.2. The van der Waals surface area contributed by atoms with Gasteiger partial charge in [0.05, 0.1) is 18.2 Å². The summed E-state index contributed by atoms with van der Waals surface area (Å²) in [6, 6.07) is 7.07. The molecular formula is C15H20ClN3O3. The Morgan fingerprint density at radius 2 is 2.27 bits per heavy atom. The number of amides is 2. The maximum Gasteiger partial charge on any atom is 0.409 e. The van der Waals surface area contributed by atoms with E-state index in [0.29, 0.717) is 30.4 Å². The van der Waals surface area contributed by atoms with Gasteiger partial charge in [-0.25, -0.2) is 4.79 Å². The summed E-state index contributed by atoms with van der Waals surface area (Å²) in [5.74, 6) is -0.390. The maximum absolute atomic E-state index is 12.2. The van der Waals surface area contributed by atoms with Crippen molar-refractivity contribution in [1.82, 2.24) is 10.3 Å². The highest BCUT2D eigenvalue weighted by Gasteiger charge is 2.29. The number of likely N-dealkylation sites (tertiary alicyclic amines) is 1. The van der Waals surface area contributed by atoms with Crippen LogP contribution in [0.3, 0.4) is 0 Å². The van der Waals surface area contributed by atoms with Crippen molar-refractivity contribution in [3.8, 4) is 0 Å². The lowest BCUT2D eigenvalue weighted by Crippen LogP contribution is -2.46. The molecule has 1 heterocycles. The standard InChI is InChI=1S/C15H20ClN3O3/c1-2-22-15(21)19-8-4-5-11(10-19)14(20)18-17-13-7-3-6-12(16)9-13/h3,6-7,9,11,17H,2,4-5,8,10H2,1H3,(H,18,20). The number of hydrogen-bond acceptors (Lipinski definition) is 4. The Kier molecular flexibility index (Phi) is 5.89. The lowest BCUT2D eigenvalue weighted by molar-refractivity contribution is -0.125. The first-order valence-corrected chi connectivity index (χ1v) is 7.71. The van der Waals surface area contributed by atoms with Crippen molar-refractivity contribution in [3.05, 3.63) is 29.3 Å². The normalized spacial score (nSPS) is 17.7. The smallest absolute Gasteiger partial charge is 0.409 e. The number of carbonyl (C=O) groups is 2. The summed E-state index contributed by atoms with van der Waals surface area (Å²) >= 11 is 5.88. The third-order valence-electron chi connectivity index (χ3n) is 3.47. The summed E-state index contributed by atoms with van der Waals surface area (Å²) in [6.45, 7) is 3.11. The molecule has 120 valence electrons. The fourth-order valence-corrected chi connectivity index (χ4v) is 2.56. The minimum atomic E-state index is -0.359. The molecule has 1 aromatic carbocycles. The molecule has 0 aromatic heterocycles. The van der Waals surface area contributed by atoms with Gasteiger partial charge in [0.15, 0.2) is 0 Å². The van der Waals surface area contributed by atoms with Crippen LogP contribution in [0.5, 0.6) is 0 Å². The van der Waals surface area contributed by atoms with E-state index >= 15 is 0 Å². The highest BCUT2D eigenvalue weighted by atomic mass is 35.5. The molecule has 2 amide bonds. The van der Waals surface area contributed by atoms with E-state index in [2.05, 4.69) is 10.9 Å². The maximum atomic E-state index is 12.2. The Balaban J connectivity index is 1.85. The van der Waals surface area contributed by atoms with E-state index in [9.17, 15) is 9.59 Å². The Labute approximate surface area is 134 Å². The predicted molar refractivity (Wildman–Crippen MR) is 84.5 cm³/mol. The molecule has 6 nitrogen and oxygen atoms in total. The van der Waals surface area contributed by atoms with Gasteiger partial charge < -0.3 is 9.64 Å². The molecule has 22 heavy (non-hydrogen) atoms. The molecule has 1 unspecified atom stereocenters. The van der Waals surface area contributed by atoms with E-state index in [0.717, 1.165) is 12.8 Å². The monoisotopic (exact) mass is 325 g/mol. The van der Waals surface area contributed by atoms with E-state index < -0.39 is 0 Å². The van der Waals surface area contributed by atoms with Crippen molar-refractivity contribution >= 4 is 29.3 Å². The second kappa shape index (κ2) is 7.89. The molecule has 1 aliphatic rings. The molecule has 1 saturated heterocycles. The molecule has 2 rings (SSSR count). The molecule has 1 aromatic rings. The summed E-state index contributed by atoms with van der Waals surface area (Å²) < 4.78 is 4.98. The number of halogens is 1. The van der Waals surface area contributed by atoms with Crippen LogP contribution in [0.4, 0.5) is 10.5 Å². The third-order valence-corrected chi connectivity index (χ3v) is 3.71. The molecule has 0 radical (unpaired) electrons. The van der Waals surface area contributed by atoms with Gasteiger partial charge >= 0.3 is 6.09 Å². The number of piperidine rings is 1. The lowest BCUT2D eigenvalue weighted by Gasteiger charge is -2.31. The van der Waals surface area contributed by atoms with Gasteiger partial charge in [0.1, 0.15) is 0 Å². The van der Waals surface area contributed by atoms with Crippen LogP contribution in [0.15, 0.2) is 24.3 Å². The molecule has 1 aliphatic heterocycles. The quantitative estimate of drug-likeness (QED) is 0.835. The minimum Gasteiger partial charge on any atom is -0.450 e. The summed E-state index contributed by atoms with van der Waals surface area (Å²) in [5.41, 5.74) is 6.20. The third kappa shape index (κ3) is 4.53. The topological polar surface area (TPSA) is 70.7 Å². The van der Waals surface area contributed by atoms with Crippen molar-refractivity contribution in [2.45, 2.75) is 19.8 Å². The van der Waals surface area contributed by atoms with E-state index in [1.54, 1.807) is 36.1 Å². The van der Waals surface area contributed by atoms with Crippen LogP contribution in [-0.2, 0) is 9.53 Å². The van der Waals surface area contributed by atoms with Gasteiger partial charge in [-0.15, -0.1) is 0 Å². The van der Waals surface area contributed by atoms with Crippen molar-refractivity contribution in [2.24, 2.45) is 5.92 Å². The summed E-state index contributed by atoms with van der Waals surface area (Å²) in [5, 5.41) is 0.588. The van der Waals surface area contributed by atoms with Crippen LogP contribution in [0.25, 0.3) is 0 Å². The molecule has 1 atom stereocenters. The molecule has 0 saturated carbocycles. The molecule has 0 spiro atoms. The second-order valence-corrected chi connectivity index (χ2v) is 5.55. The SMILES string of the molecule is CCOC(=O)N1CCCC(C(=O)NNc2cccc(Cl)c2)C1. The average Bonchev–Trinajstić information content (AvgIpc) is 2.53. The number of rotatable bonds is 4. The highest BCUT2D eigenvalue weighted by molar-refractivity contribution is 6.30. The van der Waals surface area contributed by atoms with Crippen molar-refractivity contribution in [3.63, 3.8) is 0 Å². The van der Waals surface area contributed by atoms with Crippen LogP contribution in [0.1, 0.15) is 19.8 Å². The number of ether oxygens (including phenoxy) is 1. The first-order chi connectivity index (χ1) is 10.6. The first kappa shape index (κ1) is 16.4. The zero-order valence-electron chi connectivity index (χ0n) is 12.5. The van der Waals surface area contributed by atoms with Gasteiger partial charge in [-0.3, -0.25) is 15.6 Å². The highest BCUT2D eigenvalue weighted by Crippen LogP contribution is 2.18. The van der Waals surface area contributed by atoms with Crippen LogP contribution < -0.4 is 10.9 Å². The fraction of sp³-hybridized carbons (Fsp3) is 0.467. The summed E-state index contributed by atoms with van der Waals surface area (Å²) in [6.07, 6.45) is 1.18. The summed E-state index contributed by atoms with van der Waals surface area (Å²) in [7, 11) is 0. The number of nitrogens with zero attached hydrogens (tertiary/aromatic N) is 1. The van der Waals surface area contributed by atoms with E-state index in [1.165, 1.54) is 0 Å². The van der Waals surface area contributed by atoms with Gasteiger partial charge in [0, 0.05) is 18.1 Å². The van der Waals surface area contributed by atoms with Gasteiger partial charge in [0.25, 0.3) is 0 Å². The lowest BCUT2D eigenvalue weighted by atomic mass is 9.98. The molecule has 1 fully saturated rings. The van der Waals surface area contributed by atoms with Crippen molar-refractivity contribution < 1.29 is 14.3 Å². The van der Waals surface area contributed by atoms with Crippen LogP contribution in [0, 0.1) is 5.92 Å². The van der Waals surface area contributed by atoms with Crippen LogP contribution in [-0.4, -0.2) is 36.6 Å². The van der Waals surface area contributed by atoms with Crippen LogP contribution in [0.2, 0.25) is 5.02 Å². The molecular weight excluding hydrogens is 306 g/mol. The molecule has 0 bridgehead atoms. The molecule has 0 aliphatic carbocycles. The van der Waals surface area contributed by atoms with E-state index in [4.69, 9.17) is 16.3 Å². The van der Waals surface area contributed by atoms with Crippen molar-refractivity contribution in [2.75, 3.05) is 25.1 Å². The number of hydrogen-bond donors (Lipinski definition) is 2. The minimum absolute atomic E-state index is 0.144. The number of anilines is 1. The Hall–Kier alpha value is -1.95. The second-order valence-electron chi connectivity index (χ2n) is 5.11. The zero-order chi connectivity index (χ0) is 15.9. The first-order valence-electron chi connectivity index (χ1n) is 7.33. The van der Waals surface area contributed by atoms with Gasteiger partial charge in [0.2, 0.25) is 5.91 Å². The number of benzene rings is 1. The molecule has 7 heteroatoms. The fourth-order valence-electron chi connectivity index (χ4n) is 2.37. The van der Waals surface area contributed by atoms with Crippen LogP contribution >= 0.6 is 11.6 Å². The Morgan fingerprint density at radius 3 is 3.00 bits per heavy atom. The van der Waals surface area contributed by atoms with Gasteiger partial charge in [-0.1, -0.05) is 17.7 Å². The van der Waals surface area contributed by atoms with Gasteiger partial charge in [-0.05, 0) is 38.0 Å². The van der Waals surface area contributed by atoms with Gasteiger partial charge in [-0.2, -0.15) is 0 Å².